The van der Waals surface area contributed by atoms with E-state index in [0.717, 1.165) is 29.7 Å². The number of nitrogens with zero attached hydrogens (tertiary/aromatic N) is 2. The first-order valence-electron chi connectivity index (χ1n) is 8.41. The molecule has 24 heavy (non-hydrogen) atoms. The monoisotopic (exact) mass is 319 g/mol. The summed E-state index contributed by atoms with van der Waals surface area (Å²) in [6.45, 7) is 2.55. The highest BCUT2D eigenvalue weighted by molar-refractivity contribution is 5.85. The molecule has 0 radical (unpaired) electrons. The molecular weight excluding hydrogens is 298 g/mol. The predicted octanol–water partition coefficient (Wildman–Crippen LogP) is 3.23. The van der Waals surface area contributed by atoms with Gasteiger partial charge in [-0.2, -0.15) is 0 Å². The van der Waals surface area contributed by atoms with Crippen molar-refractivity contribution in [2.45, 2.75) is 32.2 Å². The standard InChI is InChI=1S/C20H21N3O/c1-13-6-5-9-17-19(13)23(2)18(22-17)12-21-20(24)16-11-10-14-7-3-4-8-15(14)16/h3-9,16H,10-12H2,1-2H3,(H,21,24). The summed E-state index contributed by atoms with van der Waals surface area (Å²) < 4.78 is 2.08. The smallest absolute Gasteiger partial charge is 0.227 e. The van der Waals surface area contributed by atoms with Crippen LogP contribution < -0.4 is 5.32 Å². The quantitative estimate of drug-likeness (QED) is 0.805. The van der Waals surface area contributed by atoms with Gasteiger partial charge in [0.25, 0.3) is 0 Å². The third-order valence-electron chi connectivity index (χ3n) is 5.06. The van der Waals surface area contributed by atoms with E-state index in [-0.39, 0.29) is 11.8 Å². The number of benzene rings is 2. The Labute approximate surface area is 141 Å². The first kappa shape index (κ1) is 14.9. The van der Waals surface area contributed by atoms with E-state index < -0.39 is 0 Å². The number of aryl methyl sites for hydroxylation is 3. The van der Waals surface area contributed by atoms with Crippen molar-refractivity contribution in [3.63, 3.8) is 0 Å². The van der Waals surface area contributed by atoms with Crippen LogP contribution in [0.1, 0.15) is 34.9 Å². The van der Waals surface area contributed by atoms with Crippen molar-refractivity contribution in [3.05, 3.63) is 65.0 Å². The van der Waals surface area contributed by atoms with Crippen LogP contribution in [0.2, 0.25) is 0 Å². The molecule has 0 bridgehead atoms. The molecule has 4 heteroatoms. The van der Waals surface area contributed by atoms with Gasteiger partial charge in [0.1, 0.15) is 5.82 Å². The fourth-order valence-corrected chi connectivity index (χ4v) is 3.79. The number of amides is 1. The summed E-state index contributed by atoms with van der Waals surface area (Å²) in [7, 11) is 2.01. The lowest BCUT2D eigenvalue weighted by atomic mass is 10.0. The Hall–Kier alpha value is -2.62. The van der Waals surface area contributed by atoms with E-state index in [1.54, 1.807) is 0 Å². The second-order valence-electron chi connectivity index (χ2n) is 6.54. The van der Waals surface area contributed by atoms with Gasteiger partial charge in [0.15, 0.2) is 0 Å². The minimum absolute atomic E-state index is 0.0300. The number of hydrogen-bond acceptors (Lipinski definition) is 2. The van der Waals surface area contributed by atoms with Crippen LogP contribution in [0.3, 0.4) is 0 Å². The van der Waals surface area contributed by atoms with E-state index in [1.807, 2.05) is 31.3 Å². The maximum Gasteiger partial charge on any atom is 0.227 e. The Morgan fingerprint density at radius 2 is 2.08 bits per heavy atom. The van der Waals surface area contributed by atoms with Crippen LogP contribution in [0, 0.1) is 6.92 Å². The summed E-state index contributed by atoms with van der Waals surface area (Å²) in [6, 6.07) is 14.4. The molecule has 2 aromatic carbocycles. The topological polar surface area (TPSA) is 46.9 Å². The van der Waals surface area contributed by atoms with E-state index in [2.05, 4.69) is 40.0 Å². The van der Waals surface area contributed by atoms with E-state index in [1.165, 1.54) is 16.7 Å². The molecule has 1 heterocycles. The van der Waals surface area contributed by atoms with Crippen LogP contribution >= 0.6 is 0 Å². The number of aromatic nitrogens is 2. The Morgan fingerprint density at radius 3 is 2.92 bits per heavy atom. The molecule has 0 aliphatic heterocycles. The van der Waals surface area contributed by atoms with Crippen molar-refractivity contribution in [2.75, 3.05) is 0 Å². The molecule has 3 aromatic rings. The molecule has 122 valence electrons. The van der Waals surface area contributed by atoms with Gasteiger partial charge >= 0.3 is 0 Å². The Bertz CT molecular complexity index is 926. The van der Waals surface area contributed by atoms with Gasteiger partial charge in [0, 0.05) is 7.05 Å². The van der Waals surface area contributed by atoms with Gasteiger partial charge in [0.05, 0.1) is 23.5 Å². The molecule has 0 spiro atoms. The fraction of sp³-hybridized carbons (Fsp3) is 0.300. The molecular formula is C20H21N3O. The van der Waals surface area contributed by atoms with Crippen molar-refractivity contribution in [1.29, 1.82) is 0 Å². The minimum atomic E-state index is -0.0300. The molecule has 0 saturated carbocycles. The molecule has 1 atom stereocenters. The zero-order valence-corrected chi connectivity index (χ0v) is 14.0. The van der Waals surface area contributed by atoms with Gasteiger partial charge in [0.2, 0.25) is 5.91 Å². The molecule has 4 rings (SSSR count). The summed E-state index contributed by atoms with van der Waals surface area (Å²) in [6.07, 6.45) is 1.88. The molecule has 1 amide bonds. The third-order valence-corrected chi connectivity index (χ3v) is 5.06. The Kier molecular flexibility index (Phi) is 3.60. The van der Waals surface area contributed by atoms with Gasteiger partial charge in [-0.25, -0.2) is 4.98 Å². The zero-order chi connectivity index (χ0) is 16.7. The Morgan fingerprint density at radius 1 is 1.25 bits per heavy atom. The number of carbonyl (C=O) groups is 1. The molecule has 0 fully saturated rings. The number of carbonyl (C=O) groups excluding carboxylic acids is 1. The summed E-state index contributed by atoms with van der Waals surface area (Å²) in [4.78, 5) is 17.3. The lowest BCUT2D eigenvalue weighted by Crippen LogP contribution is -2.29. The van der Waals surface area contributed by atoms with E-state index in [0.29, 0.717) is 6.54 Å². The number of imidazole rings is 1. The maximum absolute atomic E-state index is 12.6. The van der Waals surface area contributed by atoms with Crippen molar-refractivity contribution in [3.8, 4) is 0 Å². The number of para-hydroxylation sites is 1. The van der Waals surface area contributed by atoms with Crippen LogP contribution in [0.15, 0.2) is 42.5 Å². The van der Waals surface area contributed by atoms with E-state index in [9.17, 15) is 4.79 Å². The minimum Gasteiger partial charge on any atom is -0.348 e. The number of nitrogens with one attached hydrogen (secondary N) is 1. The van der Waals surface area contributed by atoms with Crippen molar-refractivity contribution >= 4 is 16.9 Å². The highest BCUT2D eigenvalue weighted by atomic mass is 16.1. The average molecular weight is 319 g/mol. The Balaban J connectivity index is 1.53. The summed E-state index contributed by atoms with van der Waals surface area (Å²) in [5.74, 6) is 0.959. The fourth-order valence-electron chi connectivity index (χ4n) is 3.79. The van der Waals surface area contributed by atoms with Crippen LogP contribution in [-0.2, 0) is 24.8 Å². The average Bonchev–Trinajstić information content (AvgIpc) is 3.15. The van der Waals surface area contributed by atoms with Gasteiger partial charge in [-0.05, 0) is 42.5 Å². The van der Waals surface area contributed by atoms with Gasteiger partial charge < -0.3 is 9.88 Å². The summed E-state index contributed by atoms with van der Waals surface area (Å²) in [5.41, 5.74) is 5.79. The SMILES string of the molecule is Cc1cccc2nc(CNC(=O)C3CCc4ccccc43)n(C)c12. The van der Waals surface area contributed by atoms with Crippen molar-refractivity contribution in [1.82, 2.24) is 14.9 Å². The molecule has 1 unspecified atom stereocenters. The first-order chi connectivity index (χ1) is 11.6. The number of rotatable bonds is 3. The highest BCUT2D eigenvalue weighted by Gasteiger charge is 2.28. The molecule has 1 aliphatic rings. The zero-order valence-electron chi connectivity index (χ0n) is 14.0. The maximum atomic E-state index is 12.6. The normalized spacial score (nSPS) is 16.3. The third kappa shape index (κ3) is 2.39. The molecule has 0 saturated heterocycles. The molecule has 1 aromatic heterocycles. The van der Waals surface area contributed by atoms with E-state index in [4.69, 9.17) is 0 Å². The second-order valence-corrected chi connectivity index (χ2v) is 6.54. The lowest BCUT2D eigenvalue weighted by Gasteiger charge is -2.12. The van der Waals surface area contributed by atoms with Crippen LogP contribution in [-0.4, -0.2) is 15.5 Å². The number of hydrogen-bond donors (Lipinski definition) is 1. The molecule has 1 N–H and O–H groups in total. The summed E-state index contributed by atoms with van der Waals surface area (Å²) in [5, 5.41) is 3.08. The van der Waals surface area contributed by atoms with Crippen LogP contribution in [0.25, 0.3) is 11.0 Å². The first-order valence-corrected chi connectivity index (χ1v) is 8.41. The van der Waals surface area contributed by atoms with Crippen molar-refractivity contribution in [2.24, 2.45) is 7.05 Å². The van der Waals surface area contributed by atoms with Gasteiger partial charge in [-0.15, -0.1) is 0 Å². The highest BCUT2D eigenvalue weighted by Crippen LogP contribution is 2.32. The largest absolute Gasteiger partial charge is 0.348 e. The van der Waals surface area contributed by atoms with E-state index >= 15 is 0 Å². The lowest BCUT2D eigenvalue weighted by molar-refractivity contribution is -0.122. The number of fused-ring (bicyclic) bond motifs is 2. The van der Waals surface area contributed by atoms with Crippen LogP contribution in [0.5, 0.6) is 0 Å². The van der Waals surface area contributed by atoms with Gasteiger partial charge in [-0.3, -0.25) is 4.79 Å². The van der Waals surface area contributed by atoms with Crippen molar-refractivity contribution < 1.29 is 4.79 Å². The second kappa shape index (κ2) is 5.78. The summed E-state index contributed by atoms with van der Waals surface area (Å²) >= 11 is 0. The molecule has 4 nitrogen and oxygen atoms in total. The van der Waals surface area contributed by atoms with Crippen LogP contribution in [0.4, 0.5) is 0 Å². The van der Waals surface area contributed by atoms with Gasteiger partial charge in [-0.1, -0.05) is 36.4 Å². The molecule has 1 aliphatic carbocycles. The predicted molar refractivity (Wildman–Crippen MR) is 94.8 cm³/mol.